The molecule has 3 heteroatoms. The summed E-state index contributed by atoms with van der Waals surface area (Å²) in [5.74, 6) is -0.258. The summed E-state index contributed by atoms with van der Waals surface area (Å²) in [4.78, 5) is 11.3. The molecule has 0 aromatic heterocycles. The van der Waals surface area contributed by atoms with E-state index in [1.54, 1.807) is 0 Å². The van der Waals surface area contributed by atoms with Crippen molar-refractivity contribution in [1.82, 2.24) is 0 Å². The highest BCUT2D eigenvalue weighted by Gasteiger charge is 2.68. The molecule has 70 valence electrons. The Labute approximate surface area is 73.3 Å². The number of carbonyl (C=O) groups excluding carboxylic acids is 1. The molecular weight excluding hydrogens is 154 g/mol. The van der Waals surface area contributed by atoms with E-state index < -0.39 is 5.54 Å². The number of hydrogen-bond acceptors (Lipinski definition) is 3. The standard InChI is InChI=1S/C9H17NO2/c1-4-8(5-2)6-9(8,10)7(11)12-3/h4-6,10H2,1-3H3/t9-/m1/s1. The molecule has 1 saturated carbocycles. The van der Waals surface area contributed by atoms with Gasteiger partial charge in [-0.25, -0.2) is 0 Å². The Morgan fingerprint density at radius 2 is 2.00 bits per heavy atom. The second kappa shape index (κ2) is 2.73. The summed E-state index contributed by atoms with van der Waals surface area (Å²) in [6.07, 6.45) is 2.68. The van der Waals surface area contributed by atoms with Gasteiger partial charge in [-0.05, 0) is 19.3 Å². The van der Waals surface area contributed by atoms with Crippen molar-refractivity contribution in [2.45, 2.75) is 38.6 Å². The molecule has 0 bridgehead atoms. The van der Waals surface area contributed by atoms with Gasteiger partial charge < -0.3 is 10.5 Å². The van der Waals surface area contributed by atoms with Gasteiger partial charge in [0.15, 0.2) is 0 Å². The van der Waals surface area contributed by atoms with Gasteiger partial charge in [0.1, 0.15) is 5.54 Å². The summed E-state index contributed by atoms with van der Waals surface area (Å²) in [5, 5.41) is 0. The maximum absolute atomic E-state index is 11.3. The zero-order chi connectivity index (χ0) is 9.41. The van der Waals surface area contributed by atoms with Crippen LogP contribution in [0, 0.1) is 5.41 Å². The first-order chi connectivity index (χ1) is 5.56. The highest BCUT2D eigenvalue weighted by Crippen LogP contribution is 2.59. The van der Waals surface area contributed by atoms with Crippen LogP contribution in [0.4, 0.5) is 0 Å². The molecule has 1 rings (SSSR count). The van der Waals surface area contributed by atoms with Crippen molar-refractivity contribution in [3.8, 4) is 0 Å². The molecule has 0 unspecified atom stereocenters. The van der Waals surface area contributed by atoms with Gasteiger partial charge in [-0.3, -0.25) is 4.79 Å². The van der Waals surface area contributed by atoms with Crippen molar-refractivity contribution >= 4 is 5.97 Å². The van der Waals surface area contributed by atoms with Gasteiger partial charge in [0, 0.05) is 5.41 Å². The smallest absolute Gasteiger partial charge is 0.326 e. The van der Waals surface area contributed by atoms with Crippen LogP contribution in [0.5, 0.6) is 0 Å². The first kappa shape index (κ1) is 9.52. The minimum atomic E-state index is -0.689. The summed E-state index contributed by atoms with van der Waals surface area (Å²) in [6, 6.07) is 0. The quantitative estimate of drug-likeness (QED) is 0.646. The fourth-order valence-electron chi connectivity index (χ4n) is 2.09. The average Bonchev–Trinajstić information content (AvgIpc) is 2.72. The van der Waals surface area contributed by atoms with Crippen LogP contribution in [0.25, 0.3) is 0 Å². The molecule has 0 heterocycles. The lowest BCUT2D eigenvalue weighted by molar-refractivity contribution is -0.144. The Hall–Kier alpha value is -0.570. The normalized spacial score (nSPS) is 31.3. The Morgan fingerprint density at radius 1 is 1.50 bits per heavy atom. The van der Waals surface area contributed by atoms with Crippen molar-refractivity contribution in [2.75, 3.05) is 7.11 Å². The topological polar surface area (TPSA) is 52.3 Å². The van der Waals surface area contributed by atoms with E-state index in [4.69, 9.17) is 5.73 Å². The van der Waals surface area contributed by atoms with Crippen LogP contribution in [-0.4, -0.2) is 18.6 Å². The summed E-state index contributed by atoms with van der Waals surface area (Å²) in [5.41, 5.74) is 5.25. The van der Waals surface area contributed by atoms with Gasteiger partial charge in [0.2, 0.25) is 0 Å². The van der Waals surface area contributed by atoms with E-state index in [0.29, 0.717) is 0 Å². The van der Waals surface area contributed by atoms with E-state index in [1.807, 2.05) is 0 Å². The zero-order valence-electron chi connectivity index (χ0n) is 8.02. The van der Waals surface area contributed by atoms with Crippen LogP contribution in [0.1, 0.15) is 33.1 Å². The van der Waals surface area contributed by atoms with Crippen molar-refractivity contribution in [2.24, 2.45) is 11.1 Å². The highest BCUT2D eigenvalue weighted by molar-refractivity contribution is 5.86. The first-order valence-corrected chi connectivity index (χ1v) is 4.43. The fraction of sp³-hybridized carbons (Fsp3) is 0.889. The van der Waals surface area contributed by atoms with Crippen molar-refractivity contribution in [1.29, 1.82) is 0 Å². The number of methoxy groups -OCH3 is 1. The van der Waals surface area contributed by atoms with E-state index >= 15 is 0 Å². The molecule has 2 N–H and O–H groups in total. The molecular formula is C9H17NO2. The summed E-state index contributed by atoms with van der Waals surface area (Å²) >= 11 is 0. The number of hydrogen-bond donors (Lipinski definition) is 1. The maximum atomic E-state index is 11.3. The lowest BCUT2D eigenvalue weighted by Gasteiger charge is -2.17. The molecule has 1 aliphatic rings. The minimum Gasteiger partial charge on any atom is -0.468 e. The number of esters is 1. The van der Waals surface area contributed by atoms with Crippen LogP contribution in [0.2, 0.25) is 0 Å². The largest absolute Gasteiger partial charge is 0.468 e. The van der Waals surface area contributed by atoms with E-state index in [-0.39, 0.29) is 11.4 Å². The number of nitrogens with two attached hydrogens (primary N) is 1. The molecule has 3 nitrogen and oxygen atoms in total. The summed E-state index contributed by atoms with van der Waals surface area (Å²) in [6.45, 7) is 4.14. The van der Waals surface area contributed by atoms with E-state index in [9.17, 15) is 4.79 Å². The summed E-state index contributed by atoms with van der Waals surface area (Å²) in [7, 11) is 1.39. The molecule has 12 heavy (non-hydrogen) atoms. The second-order valence-electron chi connectivity index (χ2n) is 3.63. The predicted octanol–water partition coefficient (Wildman–Crippen LogP) is 1.07. The molecule has 1 atom stereocenters. The van der Waals surface area contributed by atoms with Crippen LogP contribution >= 0.6 is 0 Å². The molecule has 0 radical (unpaired) electrons. The molecule has 0 aliphatic heterocycles. The first-order valence-electron chi connectivity index (χ1n) is 4.43. The van der Waals surface area contributed by atoms with Gasteiger partial charge >= 0.3 is 5.97 Å². The van der Waals surface area contributed by atoms with E-state index in [2.05, 4.69) is 18.6 Å². The third-order valence-corrected chi connectivity index (χ3v) is 3.34. The van der Waals surface area contributed by atoms with E-state index in [0.717, 1.165) is 19.3 Å². The molecule has 0 aromatic carbocycles. The third-order valence-electron chi connectivity index (χ3n) is 3.34. The molecule has 0 amide bonds. The van der Waals surface area contributed by atoms with Crippen molar-refractivity contribution < 1.29 is 9.53 Å². The Balaban J connectivity index is 2.74. The van der Waals surface area contributed by atoms with Gasteiger partial charge in [0.05, 0.1) is 7.11 Å². The lowest BCUT2D eigenvalue weighted by Crippen LogP contribution is -2.40. The van der Waals surface area contributed by atoms with Gasteiger partial charge in [-0.15, -0.1) is 0 Å². The molecule has 0 saturated heterocycles. The molecule has 1 aliphatic carbocycles. The fourth-order valence-corrected chi connectivity index (χ4v) is 2.09. The number of carbonyl (C=O) groups is 1. The summed E-state index contributed by atoms with van der Waals surface area (Å²) < 4.78 is 4.67. The Bertz CT molecular complexity index is 199. The van der Waals surface area contributed by atoms with Crippen LogP contribution in [-0.2, 0) is 9.53 Å². The predicted molar refractivity (Wildman–Crippen MR) is 46.6 cm³/mol. The maximum Gasteiger partial charge on any atom is 0.326 e. The van der Waals surface area contributed by atoms with Crippen LogP contribution in [0.15, 0.2) is 0 Å². The van der Waals surface area contributed by atoms with Gasteiger partial charge in [-0.2, -0.15) is 0 Å². The van der Waals surface area contributed by atoms with Crippen molar-refractivity contribution in [3.05, 3.63) is 0 Å². The monoisotopic (exact) mass is 171 g/mol. The molecule has 1 fully saturated rings. The van der Waals surface area contributed by atoms with Gasteiger partial charge in [0.25, 0.3) is 0 Å². The van der Waals surface area contributed by atoms with E-state index in [1.165, 1.54) is 7.11 Å². The minimum absolute atomic E-state index is 0.0140. The second-order valence-corrected chi connectivity index (χ2v) is 3.63. The zero-order valence-corrected chi connectivity index (χ0v) is 8.02. The van der Waals surface area contributed by atoms with Crippen molar-refractivity contribution in [3.63, 3.8) is 0 Å². The third kappa shape index (κ3) is 0.959. The highest BCUT2D eigenvalue weighted by atomic mass is 16.5. The molecule has 0 spiro atoms. The van der Waals surface area contributed by atoms with Gasteiger partial charge in [-0.1, -0.05) is 13.8 Å². The molecule has 0 aromatic rings. The van der Waals surface area contributed by atoms with Crippen LogP contribution in [0.3, 0.4) is 0 Å². The SMILES string of the molecule is CCC1(CC)C[C@@]1(N)C(=O)OC. The van der Waals surface area contributed by atoms with Crippen LogP contribution < -0.4 is 5.73 Å². The number of ether oxygens (including phenoxy) is 1. The number of rotatable bonds is 3. The Kier molecular flexibility index (Phi) is 2.17. The average molecular weight is 171 g/mol. The Morgan fingerprint density at radius 3 is 2.25 bits per heavy atom. The lowest BCUT2D eigenvalue weighted by atomic mass is 9.94.